The number of amides is 3. The predicted molar refractivity (Wildman–Crippen MR) is 171 cm³/mol. The number of esters is 2. The highest BCUT2D eigenvalue weighted by Crippen LogP contribution is 2.57. The molecule has 0 aliphatic carbocycles. The first-order chi connectivity index (χ1) is 23.7. The van der Waals surface area contributed by atoms with Crippen LogP contribution in [-0.2, 0) is 34.3 Å². The fraction of sp³-hybridized carbons (Fsp3) is 0.314. The van der Waals surface area contributed by atoms with Crippen LogP contribution >= 0.6 is 0 Å². The fourth-order valence-electron chi connectivity index (χ4n) is 5.85. The maximum absolute atomic E-state index is 13.7. The second-order valence-electron chi connectivity index (χ2n) is 12.2. The minimum absolute atomic E-state index is 0.0493. The zero-order valence-electron chi connectivity index (χ0n) is 27.4. The molecule has 2 aliphatic rings. The molecule has 2 heterocycles. The summed E-state index contributed by atoms with van der Waals surface area (Å²) < 4.78 is 29.5. The number of phenolic OH excluding ortho intramolecular Hbond substituents is 2. The number of aromatic hydroxyl groups is 2. The van der Waals surface area contributed by atoms with Crippen molar-refractivity contribution in [3.8, 4) is 23.0 Å². The van der Waals surface area contributed by atoms with Gasteiger partial charge in [-0.3, -0.25) is 24.0 Å². The Morgan fingerprint density at radius 2 is 1.46 bits per heavy atom. The Balaban J connectivity index is 1.40. The van der Waals surface area contributed by atoms with Gasteiger partial charge in [-0.15, -0.1) is 0 Å². The lowest BCUT2D eigenvalue weighted by molar-refractivity contribution is -0.143. The van der Waals surface area contributed by atoms with Crippen molar-refractivity contribution in [2.75, 3.05) is 13.8 Å². The lowest BCUT2D eigenvalue weighted by Gasteiger charge is -2.36. The lowest BCUT2D eigenvalue weighted by Crippen LogP contribution is -2.56. The van der Waals surface area contributed by atoms with Crippen LogP contribution in [0.4, 0.5) is 4.39 Å². The molecule has 0 saturated carbocycles. The van der Waals surface area contributed by atoms with E-state index in [1.54, 1.807) is 13.8 Å². The summed E-state index contributed by atoms with van der Waals surface area (Å²) in [6, 6.07) is 8.80. The largest absolute Gasteiger partial charge is 0.508 e. The average molecular weight is 692 g/mol. The predicted octanol–water partition coefficient (Wildman–Crippen LogP) is 2.51. The van der Waals surface area contributed by atoms with Gasteiger partial charge in [0.05, 0.1) is 19.1 Å². The summed E-state index contributed by atoms with van der Waals surface area (Å²) >= 11 is 0. The van der Waals surface area contributed by atoms with Gasteiger partial charge < -0.3 is 40.4 Å². The van der Waals surface area contributed by atoms with E-state index in [0.29, 0.717) is 11.1 Å². The maximum Gasteiger partial charge on any atom is 0.340 e. The van der Waals surface area contributed by atoms with Gasteiger partial charge in [-0.25, -0.2) is 9.18 Å². The first kappa shape index (κ1) is 35.3. The molecule has 5 N–H and O–H groups in total. The molecule has 262 valence electrons. The Bertz CT molecular complexity index is 1860. The summed E-state index contributed by atoms with van der Waals surface area (Å²) in [5.41, 5.74) is -0.444. The van der Waals surface area contributed by atoms with Crippen molar-refractivity contribution >= 4 is 35.4 Å². The zero-order valence-corrected chi connectivity index (χ0v) is 27.4. The molecule has 1 spiro atoms. The number of carbonyl (C=O) groups is 6. The van der Waals surface area contributed by atoms with Crippen molar-refractivity contribution in [1.82, 2.24) is 16.0 Å². The van der Waals surface area contributed by atoms with Crippen molar-refractivity contribution < 1.29 is 57.6 Å². The van der Waals surface area contributed by atoms with Gasteiger partial charge in [0, 0.05) is 34.4 Å². The minimum Gasteiger partial charge on any atom is -0.508 e. The third-order valence-corrected chi connectivity index (χ3v) is 8.46. The van der Waals surface area contributed by atoms with E-state index < -0.39 is 78.2 Å². The van der Waals surface area contributed by atoms with Crippen molar-refractivity contribution in [3.63, 3.8) is 0 Å². The fourth-order valence-corrected chi connectivity index (χ4v) is 5.85. The highest BCUT2D eigenvalue weighted by Gasteiger charge is 2.54. The van der Waals surface area contributed by atoms with Gasteiger partial charge in [0.2, 0.25) is 11.8 Å². The number of methoxy groups -OCH3 is 1. The number of fused-ring (bicyclic) bond motifs is 6. The highest BCUT2D eigenvalue weighted by atomic mass is 19.1. The molecule has 3 amide bonds. The summed E-state index contributed by atoms with van der Waals surface area (Å²) in [4.78, 5) is 76.7. The Morgan fingerprint density at radius 1 is 0.840 bits per heavy atom. The molecule has 5 rings (SSSR count). The van der Waals surface area contributed by atoms with E-state index in [4.69, 9.17) is 9.47 Å². The van der Waals surface area contributed by atoms with Crippen LogP contribution in [0, 0.1) is 5.92 Å². The van der Waals surface area contributed by atoms with Crippen molar-refractivity contribution in [2.45, 2.75) is 50.9 Å². The highest BCUT2D eigenvalue weighted by molar-refractivity contribution is 6.02. The smallest absolute Gasteiger partial charge is 0.340 e. The summed E-state index contributed by atoms with van der Waals surface area (Å²) in [7, 11) is 1.07. The number of ketones is 1. The molecular formula is C35H34FN3O11. The number of carbonyl (C=O) groups excluding carboxylic acids is 6. The topological polar surface area (TPSA) is 207 Å². The quantitative estimate of drug-likeness (QED) is 0.185. The Kier molecular flexibility index (Phi) is 9.79. The maximum atomic E-state index is 13.7. The SMILES string of the molecule is COC(=O)C[C@H](NC(=O)[C@@H](C)NC(=O)[C@@H](NC(=O)c1ccc2c(c1)C1(OC2=O)c2ccc(O)cc2Oc2cc(O)ccc21)C(C)C)C(=O)CF. The summed E-state index contributed by atoms with van der Waals surface area (Å²) in [5, 5.41) is 27.7. The van der Waals surface area contributed by atoms with Gasteiger partial charge in [0.15, 0.2) is 11.4 Å². The summed E-state index contributed by atoms with van der Waals surface area (Å²) in [6.45, 7) is 3.19. The van der Waals surface area contributed by atoms with E-state index in [0.717, 1.165) is 7.11 Å². The molecular weight excluding hydrogens is 657 g/mol. The van der Waals surface area contributed by atoms with Crippen LogP contribution < -0.4 is 20.7 Å². The van der Waals surface area contributed by atoms with Crippen LogP contribution in [0.2, 0.25) is 0 Å². The van der Waals surface area contributed by atoms with Gasteiger partial charge >= 0.3 is 11.9 Å². The number of rotatable bonds is 11. The van der Waals surface area contributed by atoms with Crippen LogP contribution in [0.1, 0.15) is 64.6 Å². The third kappa shape index (κ3) is 6.53. The van der Waals surface area contributed by atoms with E-state index in [1.165, 1.54) is 61.5 Å². The second kappa shape index (κ2) is 13.9. The number of nitrogens with one attached hydrogen (secondary N) is 3. The van der Waals surface area contributed by atoms with Crippen LogP contribution in [0.15, 0.2) is 54.6 Å². The first-order valence-electron chi connectivity index (χ1n) is 15.5. The van der Waals surface area contributed by atoms with E-state index in [1.807, 2.05) is 0 Å². The number of Topliss-reactive ketones (excluding diaryl/α,β-unsaturated/α-hetero) is 1. The molecule has 0 bridgehead atoms. The van der Waals surface area contributed by atoms with Crippen molar-refractivity contribution in [3.05, 3.63) is 82.4 Å². The van der Waals surface area contributed by atoms with Gasteiger partial charge in [-0.05, 0) is 55.3 Å². The molecule has 0 saturated heterocycles. The molecule has 2 aliphatic heterocycles. The Labute approximate surface area is 284 Å². The van der Waals surface area contributed by atoms with Gasteiger partial charge in [-0.1, -0.05) is 13.8 Å². The van der Waals surface area contributed by atoms with Crippen LogP contribution in [0.5, 0.6) is 23.0 Å². The molecule has 0 fully saturated rings. The molecule has 0 aromatic heterocycles. The monoisotopic (exact) mass is 691 g/mol. The third-order valence-electron chi connectivity index (χ3n) is 8.46. The zero-order chi connectivity index (χ0) is 36.5. The molecule has 14 nitrogen and oxygen atoms in total. The van der Waals surface area contributed by atoms with Crippen LogP contribution in [0.25, 0.3) is 0 Å². The molecule has 3 aromatic rings. The molecule has 3 atom stereocenters. The minimum atomic E-state index is -1.63. The number of ether oxygens (including phenoxy) is 3. The first-order valence-corrected chi connectivity index (χ1v) is 15.5. The summed E-state index contributed by atoms with van der Waals surface area (Å²) in [6.07, 6.45) is -0.607. The molecule has 0 unspecified atom stereocenters. The number of hydrogen-bond donors (Lipinski definition) is 5. The van der Waals surface area contributed by atoms with E-state index >= 15 is 0 Å². The number of phenols is 2. The molecule has 15 heteroatoms. The number of benzene rings is 3. The lowest BCUT2D eigenvalue weighted by atomic mass is 9.77. The van der Waals surface area contributed by atoms with Gasteiger partial charge in [-0.2, -0.15) is 0 Å². The van der Waals surface area contributed by atoms with Crippen LogP contribution in [0.3, 0.4) is 0 Å². The number of halogens is 1. The molecule has 50 heavy (non-hydrogen) atoms. The van der Waals surface area contributed by atoms with Crippen molar-refractivity contribution in [1.29, 1.82) is 0 Å². The Hall–Kier alpha value is -5.99. The summed E-state index contributed by atoms with van der Waals surface area (Å²) in [5.74, 6) is -5.37. The van der Waals surface area contributed by atoms with E-state index in [9.17, 15) is 43.4 Å². The molecule has 0 radical (unpaired) electrons. The van der Waals surface area contributed by atoms with Crippen LogP contribution in [-0.4, -0.2) is 77.6 Å². The van der Waals surface area contributed by atoms with Gasteiger partial charge in [0.25, 0.3) is 5.91 Å². The number of alkyl halides is 1. The van der Waals surface area contributed by atoms with Gasteiger partial charge in [0.1, 0.15) is 47.8 Å². The molecule has 3 aromatic carbocycles. The van der Waals surface area contributed by atoms with E-state index in [-0.39, 0.29) is 39.7 Å². The Morgan fingerprint density at radius 3 is 2.02 bits per heavy atom. The average Bonchev–Trinajstić information content (AvgIpc) is 3.36. The van der Waals surface area contributed by atoms with Crippen molar-refractivity contribution in [2.24, 2.45) is 5.92 Å². The standard InChI is InChI=1S/C35H34FN3O11/c1-16(2)30(33(46)37-17(3)31(44)38-25(26(42)15-36)14-29(43)48-4)39-32(45)18-5-8-21-24(11-18)35(50-34(21)47)22-9-6-19(40)12-27(22)49-28-13-20(41)7-10-23(28)35/h5-13,16-17,25,30,40-41H,14-15H2,1-4H3,(H,37,46)(H,38,44)(H,39,45)/t17-,25+,30+/m1/s1. The van der Waals surface area contributed by atoms with E-state index in [2.05, 4.69) is 20.7 Å². The second-order valence-corrected chi connectivity index (χ2v) is 12.2. The number of hydrogen-bond acceptors (Lipinski definition) is 11. The normalized spacial score (nSPS) is 15.3.